The molecule has 1 fully saturated rings. The summed E-state index contributed by atoms with van der Waals surface area (Å²) < 4.78 is 53.8. The summed E-state index contributed by atoms with van der Waals surface area (Å²) in [4.78, 5) is 2.07. The van der Waals surface area contributed by atoms with Gasteiger partial charge in [0.15, 0.2) is 0 Å². The monoisotopic (exact) mass is 366 g/mol. The lowest BCUT2D eigenvalue weighted by Crippen LogP contribution is -2.47. The molecule has 1 heterocycles. The van der Waals surface area contributed by atoms with Gasteiger partial charge in [0, 0.05) is 19.1 Å². The zero-order valence-electron chi connectivity index (χ0n) is 13.7. The van der Waals surface area contributed by atoms with Crippen LogP contribution in [0, 0.1) is 11.6 Å². The largest absolute Gasteiger partial charge is 0.298 e. The van der Waals surface area contributed by atoms with E-state index in [1.807, 2.05) is 0 Å². The molecular weight excluding hydrogens is 346 g/mol. The molecule has 1 aliphatic heterocycles. The van der Waals surface area contributed by atoms with Crippen molar-refractivity contribution in [2.24, 2.45) is 0 Å². The molecule has 0 bridgehead atoms. The quantitative estimate of drug-likeness (QED) is 0.885. The fourth-order valence-electron chi connectivity index (χ4n) is 3.06. The first-order valence-corrected chi connectivity index (χ1v) is 9.65. The zero-order valence-corrected chi connectivity index (χ0v) is 14.5. The SMILES string of the molecule is O=S(=O)(N[C@@H]1CCCN(Cc2ccc(F)cc2)C1)c1cccc(F)c1. The van der Waals surface area contributed by atoms with Crippen LogP contribution in [0.25, 0.3) is 0 Å². The number of halogens is 2. The standard InChI is InChI=1S/C18H20F2N2O2S/c19-15-8-6-14(7-9-15)12-22-10-2-4-17(13-22)21-25(23,24)18-5-1-3-16(20)11-18/h1,3,5-9,11,17,21H,2,4,10,12-13H2/t17-/m1/s1. The van der Waals surface area contributed by atoms with Crippen LogP contribution in [0.1, 0.15) is 18.4 Å². The van der Waals surface area contributed by atoms with Crippen molar-refractivity contribution in [3.8, 4) is 0 Å². The first kappa shape index (κ1) is 18.0. The molecule has 4 nitrogen and oxygen atoms in total. The summed E-state index contributed by atoms with van der Waals surface area (Å²) in [5.74, 6) is -0.854. The van der Waals surface area contributed by atoms with E-state index in [0.29, 0.717) is 13.1 Å². The fraction of sp³-hybridized carbons (Fsp3) is 0.333. The second-order valence-corrected chi connectivity index (χ2v) is 7.99. The van der Waals surface area contributed by atoms with Crippen LogP contribution < -0.4 is 4.72 Å². The average molecular weight is 366 g/mol. The number of nitrogens with zero attached hydrogens (tertiary/aromatic N) is 1. The van der Waals surface area contributed by atoms with Gasteiger partial charge < -0.3 is 0 Å². The Morgan fingerprint density at radius 1 is 1.08 bits per heavy atom. The van der Waals surface area contributed by atoms with Gasteiger partial charge in [0.25, 0.3) is 0 Å². The smallest absolute Gasteiger partial charge is 0.240 e. The second-order valence-electron chi connectivity index (χ2n) is 6.28. The van der Waals surface area contributed by atoms with Crippen LogP contribution in [0.5, 0.6) is 0 Å². The molecule has 1 atom stereocenters. The summed E-state index contributed by atoms with van der Waals surface area (Å²) in [5, 5.41) is 0. The van der Waals surface area contributed by atoms with Crippen LogP contribution in [0.2, 0.25) is 0 Å². The van der Waals surface area contributed by atoms with Crippen LogP contribution in [-0.2, 0) is 16.6 Å². The zero-order chi connectivity index (χ0) is 17.9. The van der Waals surface area contributed by atoms with Crippen LogP contribution in [0.4, 0.5) is 8.78 Å². The minimum absolute atomic E-state index is 0.0665. The molecule has 7 heteroatoms. The Morgan fingerprint density at radius 3 is 2.56 bits per heavy atom. The van der Waals surface area contributed by atoms with Crippen molar-refractivity contribution in [2.75, 3.05) is 13.1 Å². The first-order chi connectivity index (χ1) is 11.9. The van der Waals surface area contributed by atoms with Crippen LogP contribution >= 0.6 is 0 Å². The lowest BCUT2D eigenvalue weighted by atomic mass is 10.1. The molecule has 0 saturated carbocycles. The lowest BCUT2D eigenvalue weighted by molar-refractivity contribution is 0.194. The van der Waals surface area contributed by atoms with Gasteiger partial charge in [-0.2, -0.15) is 0 Å². The predicted molar refractivity (Wildman–Crippen MR) is 91.4 cm³/mol. The molecule has 1 aliphatic rings. The van der Waals surface area contributed by atoms with E-state index >= 15 is 0 Å². The molecule has 0 unspecified atom stereocenters. The Hall–Kier alpha value is -1.83. The molecule has 134 valence electrons. The predicted octanol–water partition coefficient (Wildman–Crippen LogP) is 2.91. The molecule has 0 aliphatic carbocycles. The van der Waals surface area contributed by atoms with Crippen molar-refractivity contribution < 1.29 is 17.2 Å². The highest BCUT2D eigenvalue weighted by Gasteiger charge is 2.25. The van der Waals surface area contributed by atoms with Crippen molar-refractivity contribution in [2.45, 2.75) is 30.3 Å². The number of rotatable bonds is 5. The maximum Gasteiger partial charge on any atom is 0.240 e. The van der Waals surface area contributed by atoms with E-state index in [9.17, 15) is 17.2 Å². The van der Waals surface area contributed by atoms with Gasteiger partial charge in [-0.25, -0.2) is 21.9 Å². The van der Waals surface area contributed by atoms with Crippen molar-refractivity contribution in [1.29, 1.82) is 0 Å². The third kappa shape index (κ3) is 4.84. The first-order valence-electron chi connectivity index (χ1n) is 8.17. The molecule has 0 amide bonds. The van der Waals surface area contributed by atoms with Gasteiger partial charge in [-0.05, 0) is 55.3 Å². The Bertz CT molecular complexity index is 825. The summed E-state index contributed by atoms with van der Waals surface area (Å²) in [6.07, 6.45) is 1.59. The Morgan fingerprint density at radius 2 is 1.84 bits per heavy atom. The topological polar surface area (TPSA) is 49.4 Å². The number of benzene rings is 2. The minimum atomic E-state index is -3.75. The third-order valence-corrected chi connectivity index (χ3v) is 5.77. The van der Waals surface area contributed by atoms with Crippen LogP contribution in [0.15, 0.2) is 53.4 Å². The Labute approximate surface area is 146 Å². The second kappa shape index (κ2) is 7.59. The molecule has 25 heavy (non-hydrogen) atoms. The fourth-order valence-corrected chi connectivity index (χ4v) is 4.36. The summed E-state index contributed by atoms with van der Waals surface area (Å²) in [7, 11) is -3.75. The molecule has 1 N–H and O–H groups in total. The van der Waals surface area contributed by atoms with Crippen molar-refractivity contribution in [1.82, 2.24) is 9.62 Å². The van der Waals surface area contributed by atoms with E-state index in [2.05, 4.69) is 9.62 Å². The number of piperidine rings is 1. The molecule has 3 rings (SSSR count). The van der Waals surface area contributed by atoms with Gasteiger partial charge in [-0.3, -0.25) is 4.90 Å². The molecule has 0 spiro atoms. The van der Waals surface area contributed by atoms with Gasteiger partial charge >= 0.3 is 0 Å². The van der Waals surface area contributed by atoms with Gasteiger partial charge in [0.1, 0.15) is 11.6 Å². The van der Waals surface area contributed by atoms with E-state index in [1.54, 1.807) is 12.1 Å². The van der Waals surface area contributed by atoms with Gasteiger partial charge in [0.2, 0.25) is 10.0 Å². The van der Waals surface area contributed by atoms with Gasteiger partial charge in [-0.1, -0.05) is 18.2 Å². The number of likely N-dealkylation sites (tertiary alicyclic amines) is 1. The van der Waals surface area contributed by atoms with Crippen LogP contribution in [0.3, 0.4) is 0 Å². The summed E-state index contributed by atoms with van der Waals surface area (Å²) in [6.45, 7) is 2.06. The highest BCUT2D eigenvalue weighted by atomic mass is 32.2. The number of hydrogen-bond acceptors (Lipinski definition) is 3. The van der Waals surface area contributed by atoms with E-state index < -0.39 is 15.8 Å². The maximum atomic E-state index is 13.3. The molecular formula is C18H20F2N2O2S. The van der Waals surface area contributed by atoms with E-state index in [1.165, 1.54) is 30.3 Å². The normalized spacial score (nSPS) is 19.0. The Balaban J connectivity index is 1.64. The van der Waals surface area contributed by atoms with E-state index in [4.69, 9.17) is 0 Å². The Kier molecular flexibility index (Phi) is 5.46. The minimum Gasteiger partial charge on any atom is -0.298 e. The van der Waals surface area contributed by atoms with Crippen molar-refractivity contribution in [3.05, 3.63) is 65.7 Å². The van der Waals surface area contributed by atoms with Crippen molar-refractivity contribution >= 4 is 10.0 Å². The third-order valence-electron chi connectivity index (χ3n) is 4.25. The average Bonchev–Trinajstić information content (AvgIpc) is 2.57. The van der Waals surface area contributed by atoms with Gasteiger partial charge in [-0.15, -0.1) is 0 Å². The maximum absolute atomic E-state index is 13.3. The summed E-state index contributed by atoms with van der Waals surface area (Å²) in [6, 6.07) is 11.1. The lowest BCUT2D eigenvalue weighted by Gasteiger charge is -2.33. The summed E-state index contributed by atoms with van der Waals surface area (Å²) in [5.41, 5.74) is 0.982. The molecule has 1 saturated heterocycles. The van der Waals surface area contributed by atoms with Crippen LogP contribution in [-0.4, -0.2) is 32.4 Å². The number of sulfonamides is 1. The van der Waals surface area contributed by atoms with Crippen molar-refractivity contribution in [3.63, 3.8) is 0 Å². The molecule has 2 aromatic carbocycles. The highest BCUT2D eigenvalue weighted by Crippen LogP contribution is 2.17. The molecule has 0 radical (unpaired) electrons. The van der Waals surface area contributed by atoms with Gasteiger partial charge in [0.05, 0.1) is 4.90 Å². The number of nitrogens with one attached hydrogen (secondary N) is 1. The number of hydrogen-bond donors (Lipinski definition) is 1. The van der Waals surface area contributed by atoms with E-state index in [0.717, 1.165) is 31.0 Å². The summed E-state index contributed by atoms with van der Waals surface area (Å²) >= 11 is 0. The molecule has 2 aromatic rings. The molecule has 0 aromatic heterocycles. The highest BCUT2D eigenvalue weighted by molar-refractivity contribution is 7.89. The van der Waals surface area contributed by atoms with E-state index in [-0.39, 0.29) is 16.8 Å².